The Morgan fingerprint density at radius 2 is 2.08 bits per heavy atom. The zero-order chi connectivity index (χ0) is 9.35. The molecule has 0 radical (unpaired) electrons. The molecule has 0 saturated heterocycles. The smallest absolute Gasteiger partial charge is 0.225 e. The van der Waals surface area contributed by atoms with Gasteiger partial charge in [0.05, 0.1) is 4.91 Å². The summed E-state index contributed by atoms with van der Waals surface area (Å²) in [5, 5.41) is 5.02. The molecule has 0 spiro atoms. The van der Waals surface area contributed by atoms with Crippen LogP contribution in [0.3, 0.4) is 0 Å². The molecule has 0 aromatic rings. The van der Waals surface area contributed by atoms with Crippen molar-refractivity contribution in [3.8, 4) is 0 Å². The van der Waals surface area contributed by atoms with E-state index in [0.29, 0.717) is 4.91 Å². The lowest BCUT2D eigenvalue weighted by molar-refractivity contribution is 0.589. The van der Waals surface area contributed by atoms with Gasteiger partial charge in [0.15, 0.2) is 0 Å². The highest BCUT2D eigenvalue weighted by atomic mass is 32.2. The highest BCUT2D eigenvalue weighted by Gasteiger charge is 2.21. The molecular formula is C8H13NO2S. The quantitative estimate of drug-likeness (QED) is 0.669. The first-order valence-electron chi connectivity index (χ1n) is 3.81. The van der Waals surface area contributed by atoms with E-state index >= 15 is 0 Å². The Morgan fingerprint density at radius 3 is 2.50 bits per heavy atom. The Morgan fingerprint density at radius 1 is 1.50 bits per heavy atom. The summed E-state index contributed by atoms with van der Waals surface area (Å²) in [6.45, 7) is 3.85. The van der Waals surface area contributed by atoms with Crippen molar-refractivity contribution in [1.82, 2.24) is 0 Å². The third-order valence-electron chi connectivity index (χ3n) is 1.97. The maximum absolute atomic E-state index is 11.0. The molecule has 68 valence electrons. The average molecular weight is 187 g/mol. The number of allylic oxidation sites excluding steroid dienone is 4. The van der Waals surface area contributed by atoms with Crippen LogP contribution >= 0.6 is 0 Å². The number of rotatable bonds is 1. The number of hydrogen-bond donors (Lipinski definition) is 1. The van der Waals surface area contributed by atoms with Crippen LogP contribution in [0, 0.1) is 5.92 Å². The molecule has 2 N–H and O–H groups in total. The van der Waals surface area contributed by atoms with E-state index in [9.17, 15) is 8.42 Å². The second-order valence-corrected chi connectivity index (χ2v) is 4.79. The van der Waals surface area contributed by atoms with Crippen molar-refractivity contribution in [2.45, 2.75) is 20.3 Å². The molecule has 1 rings (SSSR count). The van der Waals surface area contributed by atoms with Crippen LogP contribution in [-0.2, 0) is 10.0 Å². The van der Waals surface area contributed by atoms with Crippen LogP contribution in [0.25, 0.3) is 0 Å². The van der Waals surface area contributed by atoms with E-state index < -0.39 is 10.0 Å². The molecule has 0 bridgehead atoms. The summed E-state index contributed by atoms with van der Waals surface area (Å²) in [5.74, 6) is 0.0185. The van der Waals surface area contributed by atoms with Crippen LogP contribution in [0.1, 0.15) is 20.3 Å². The molecular weight excluding hydrogens is 174 g/mol. The van der Waals surface area contributed by atoms with Gasteiger partial charge in [0.1, 0.15) is 0 Å². The third-order valence-corrected chi connectivity index (χ3v) is 3.17. The molecule has 0 heterocycles. The molecule has 1 aliphatic rings. The van der Waals surface area contributed by atoms with Gasteiger partial charge in [-0.05, 0) is 25.3 Å². The third kappa shape index (κ3) is 1.95. The fourth-order valence-corrected chi connectivity index (χ4v) is 2.32. The van der Waals surface area contributed by atoms with Gasteiger partial charge in [-0.3, -0.25) is 0 Å². The Kier molecular flexibility index (Phi) is 2.39. The lowest BCUT2D eigenvalue weighted by atomic mass is 9.97. The van der Waals surface area contributed by atoms with Crippen LogP contribution < -0.4 is 5.14 Å². The van der Waals surface area contributed by atoms with Crippen molar-refractivity contribution in [1.29, 1.82) is 0 Å². The predicted octanol–water partition coefficient (Wildman–Crippen LogP) is 1.14. The summed E-state index contributed by atoms with van der Waals surface area (Å²) in [5.41, 5.74) is 1.19. The molecule has 0 saturated carbocycles. The minimum atomic E-state index is -3.48. The molecule has 0 aromatic heterocycles. The summed E-state index contributed by atoms with van der Waals surface area (Å²) in [4.78, 5) is 0.341. The van der Waals surface area contributed by atoms with Gasteiger partial charge in [-0.1, -0.05) is 18.6 Å². The van der Waals surface area contributed by atoms with Crippen LogP contribution in [0.15, 0.2) is 22.6 Å². The van der Waals surface area contributed by atoms with Crippen molar-refractivity contribution in [3.05, 3.63) is 22.6 Å². The molecule has 0 aromatic carbocycles. The van der Waals surface area contributed by atoms with Gasteiger partial charge in [-0.15, -0.1) is 0 Å². The topological polar surface area (TPSA) is 60.2 Å². The van der Waals surface area contributed by atoms with Crippen molar-refractivity contribution < 1.29 is 8.42 Å². The van der Waals surface area contributed by atoms with E-state index in [2.05, 4.69) is 0 Å². The average Bonchev–Trinajstić information content (AvgIpc) is 1.83. The highest BCUT2D eigenvalue weighted by molar-refractivity contribution is 7.93. The van der Waals surface area contributed by atoms with Gasteiger partial charge < -0.3 is 0 Å². The minimum absolute atomic E-state index is 0.0185. The van der Waals surface area contributed by atoms with Crippen LogP contribution in [0.5, 0.6) is 0 Å². The lowest BCUT2D eigenvalue weighted by Crippen LogP contribution is -2.21. The Hall–Kier alpha value is -0.610. The fraction of sp³-hybridized carbons (Fsp3) is 0.500. The van der Waals surface area contributed by atoms with Crippen LogP contribution in [-0.4, -0.2) is 8.42 Å². The first-order chi connectivity index (χ1) is 5.41. The first-order valence-corrected chi connectivity index (χ1v) is 5.36. The van der Waals surface area contributed by atoms with E-state index in [0.717, 1.165) is 6.42 Å². The van der Waals surface area contributed by atoms with Gasteiger partial charge in [0.2, 0.25) is 10.0 Å². The molecule has 1 atom stereocenters. The number of nitrogens with two attached hydrogens (primary N) is 1. The highest BCUT2D eigenvalue weighted by Crippen LogP contribution is 2.26. The van der Waals surface area contributed by atoms with E-state index in [1.165, 1.54) is 5.57 Å². The fourth-order valence-electron chi connectivity index (χ4n) is 1.42. The van der Waals surface area contributed by atoms with E-state index in [1.807, 2.05) is 13.8 Å². The normalized spacial score (nSPS) is 24.8. The van der Waals surface area contributed by atoms with Crippen LogP contribution in [0.2, 0.25) is 0 Å². The molecule has 3 nitrogen and oxygen atoms in total. The van der Waals surface area contributed by atoms with Gasteiger partial charge in [0, 0.05) is 0 Å². The van der Waals surface area contributed by atoms with Crippen molar-refractivity contribution in [2.24, 2.45) is 11.1 Å². The summed E-state index contributed by atoms with van der Waals surface area (Å²) in [6, 6.07) is 0. The monoisotopic (exact) mass is 187 g/mol. The summed E-state index contributed by atoms with van der Waals surface area (Å²) in [7, 11) is -3.48. The Bertz CT molecular complexity index is 338. The summed E-state index contributed by atoms with van der Waals surface area (Å²) in [6.07, 6.45) is 4.18. The predicted molar refractivity (Wildman–Crippen MR) is 48.7 cm³/mol. The zero-order valence-electron chi connectivity index (χ0n) is 7.24. The second-order valence-electron chi connectivity index (χ2n) is 3.23. The summed E-state index contributed by atoms with van der Waals surface area (Å²) >= 11 is 0. The first kappa shape index (κ1) is 9.48. The molecule has 0 amide bonds. The molecule has 1 aliphatic carbocycles. The SMILES string of the molecule is CC1=CC=C(S(N)(=O)=O)C(C)C1. The number of primary sulfonamides is 1. The van der Waals surface area contributed by atoms with Gasteiger partial charge in [-0.2, -0.15) is 0 Å². The van der Waals surface area contributed by atoms with Crippen LogP contribution in [0.4, 0.5) is 0 Å². The largest absolute Gasteiger partial charge is 0.234 e. The molecule has 1 unspecified atom stereocenters. The van der Waals surface area contributed by atoms with E-state index in [4.69, 9.17) is 5.14 Å². The van der Waals surface area contributed by atoms with Gasteiger partial charge >= 0.3 is 0 Å². The molecule has 12 heavy (non-hydrogen) atoms. The maximum Gasteiger partial charge on any atom is 0.234 e. The Balaban J connectivity index is 3.07. The van der Waals surface area contributed by atoms with Crippen molar-refractivity contribution in [3.63, 3.8) is 0 Å². The maximum atomic E-state index is 11.0. The van der Waals surface area contributed by atoms with E-state index in [-0.39, 0.29) is 5.92 Å². The van der Waals surface area contributed by atoms with E-state index in [1.54, 1.807) is 12.2 Å². The van der Waals surface area contributed by atoms with Crippen molar-refractivity contribution in [2.75, 3.05) is 0 Å². The lowest BCUT2D eigenvalue weighted by Gasteiger charge is -2.17. The van der Waals surface area contributed by atoms with Gasteiger partial charge in [-0.25, -0.2) is 13.6 Å². The van der Waals surface area contributed by atoms with Gasteiger partial charge in [0.25, 0.3) is 0 Å². The summed E-state index contributed by atoms with van der Waals surface area (Å²) < 4.78 is 22.0. The second kappa shape index (κ2) is 3.03. The standard InChI is InChI=1S/C8H13NO2S/c1-6-3-4-8(7(2)5-6)12(9,10)11/h3-4,7H,5H2,1-2H3,(H2,9,10,11). The minimum Gasteiger partial charge on any atom is -0.225 e. The molecule has 4 heteroatoms. The number of sulfonamides is 1. The Labute approximate surface area is 73.0 Å². The molecule has 0 fully saturated rings. The number of hydrogen-bond acceptors (Lipinski definition) is 2. The zero-order valence-corrected chi connectivity index (χ0v) is 8.06. The molecule has 0 aliphatic heterocycles. The van der Waals surface area contributed by atoms with Crippen molar-refractivity contribution >= 4 is 10.0 Å².